The number of anilines is 1. The van der Waals surface area contributed by atoms with Crippen molar-refractivity contribution in [3.8, 4) is 0 Å². The number of aliphatic hydroxyl groups excluding tert-OH is 2. The van der Waals surface area contributed by atoms with Crippen molar-refractivity contribution in [2.45, 2.75) is 31.1 Å². The van der Waals surface area contributed by atoms with Crippen LogP contribution in [0.5, 0.6) is 0 Å². The lowest BCUT2D eigenvalue weighted by atomic mass is 9.90. The summed E-state index contributed by atoms with van der Waals surface area (Å²) in [6.07, 6.45) is -0.366. The van der Waals surface area contributed by atoms with Crippen LogP contribution < -0.4 is 15.5 Å². The lowest BCUT2D eigenvalue weighted by molar-refractivity contribution is -0.0252. The van der Waals surface area contributed by atoms with Gasteiger partial charge in [0, 0.05) is 30.7 Å². The number of amides is 3. The van der Waals surface area contributed by atoms with E-state index >= 15 is 0 Å². The number of rotatable bonds is 3. The van der Waals surface area contributed by atoms with Gasteiger partial charge in [-0.15, -0.1) is 0 Å². The summed E-state index contributed by atoms with van der Waals surface area (Å²) in [5.74, 6) is -1.47. The Labute approximate surface area is 143 Å². The van der Waals surface area contributed by atoms with Gasteiger partial charge in [0.15, 0.2) is 0 Å². The predicted molar refractivity (Wildman–Crippen MR) is 86.6 cm³/mol. The molecule has 4 rings (SSSR count). The Hall–Kier alpha value is -2.19. The quantitative estimate of drug-likeness (QED) is 0.627. The van der Waals surface area contributed by atoms with E-state index in [9.17, 15) is 24.2 Å². The Morgan fingerprint density at radius 2 is 2.08 bits per heavy atom. The maximum Gasteiger partial charge on any atom is 0.321 e. The minimum atomic E-state index is -0.853. The normalized spacial score (nSPS) is 33.6. The van der Waals surface area contributed by atoms with Gasteiger partial charge in [0.25, 0.3) is 5.91 Å². The van der Waals surface area contributed by atoms with E-state index < -0.39 is 23.9 Å². The van der Waals surface area contributed by atoms with E-state index in [0.717, 1.165) is 0 Å². The van der Waals surface area contributed by atoms with Gasteiger partial charge in [0.05, 0.1) is 17.8 Å². The molecule has 25 heavy (non-hydrogen) atoms. The first-order chi connectivity index (χ1) is 12.0. The number of nitrogens with one attached hydrogen (secondary N) is 2. The third-order valence-electron chi connectivity index (χ3n) is 5.60. The standard InChI is InChI=1S/C17H20FN3O4/c18-12-2-1-9(21-4-3-19-17(21)25)7-10(12)16(24)20-13-6-8-5-11(13)15(23)14(8)22/h1-2,7-8,11,13-15,22-23H,3-6H2,(H,19,25)(H,20,24). The molecule has 1 aliphatic heterocycles. The maximum atomic E-state index is 14.1. The van der Waals surface area contributed by atoms with Crippen LogP contribution in [0, 0.1) is 17.7 Å². The fraction of sp³-hybridized carbons (Fsp3) is 0.529. The molecule has 3 fully saturated rings. The summed E-state index contributed by atoms with van der Waals surface area (Å²) in [5, 5.41) is 25.2. The molecule has 0 aromatic heterocycles. The van der Waals surface area contributed by atoms with E-state index in [1.165, 1.54) is 23.1 Å². The van der Waals surface area contributed by atoms with Gasteiger partial charge in [0.1, 0.15) is 5.82 Å². The second-order valence-corrected chi connectivity index (χ2v) is 7.00. The van der Waals surface area contributed by atoms with Crippen LogP contribution in [0.15, 0.2) is 18.2 Å². The second kappa shape index (κ2) is 5.96. The number of fused-ring (bicyclic) bond motifs is 2. The molecule has 2 aliphatic carbocycles. The minimum absolute atomic E-state index is 0.0326. The van der Waals surface area contributed by atoms with Crippen LogP contribution in [0.2, 0.25) is 0 Å². The largest absolute Gasteiger partial charge is 0.390 e. The van der Waals surface area contributed by atoms with Crippen molar-refractivity contribution in [3.05, 3.63) is 29.6 Å². The number of nitrogens with zero attached hydrogens (tertiary/aromatic N) is 1. The molecule has 2 saturated carbocycles. The van der Waals surface area contributed by atoms with Crippen molar-refractivity contribution in [2.24, 2.45) is 11.8 Å². The van der Waals surface area contributed by atoms with Crippen LogP contribution in [-0.4, -0.2) is 53.5 Å². The summed E-state index contributed by atoms with van der Waals surface area (Å²) in [7, 11) is 0. The molecule has 8 heteroatoms. The lowest BCUT2D eigenvalue weighted by Crippen LogP contribution is -2.47. The molecule has 1 saturated heterocycles. The average molecular weight is 349 g/mol. The Balaban J connectivity index is 1.51. The fourth-order valence-electron chi connectivity index (χ4n) is 4.28. The molecular weight excluding hydrogens is 329 g/mol. The number of hydrogen-bond donors (Lipinski definition) is 4. The van der Waals surface area contributed by atoms with E-state index in [1.807, 2.05) is 0 Å². The SMILES string of the molecule is O=C(NC1CC2CC1C(O)C2O)c1cc(N2CCNC2=O)ccc1F. The highest BCUT2D eigenvalue weighted by Gasteiger charge is 2.52. The topological polar surface area (TPSA) is 102 Å². The number of benzene rings is 1. The van der Waals surface area contributed by atoms with Crippen molar-refractivity contribution in [1.82, 2.24) is 10.6 Å². The zero-order valence-electron chi connectivity index (χ0n) is 13.5. The Bertz CT molecular complexity index is 726. The molecule has 0 radical (unpaired) electrons. The molecular formula is C17H20FN3O4. The van der Waals surface area contributed by atoms with Crippen molar-refractivity contribution in [3.63, 3.8) is 0 Å². The van der Waals surface area contributed by atoms with Gasteiger partial charge in [-0.05, 0) is 37.0 Å². The number of carbonyl (C=O) groups is 2. The van der Waals surface area contributed by atoms with Crippen molar-refractivity contribution in [1.29, 1.82) is 0 Å². The highest BCUT2D eigenvalue weighted by Crippen LogP contribution is 2.45. The van der Waals surface area contributed by atoms with E-state index in [0.29, 0.717) is 31.6 Å². The zero-order chi connectivity index (χ0) is 17.7. The Morgan fingerprint density at radius 3 is 2.72 bits per heavy atom. The van der Waals surface area contributed by atoms with Crippen LogP contribution in [0.3, 0.4) is 0 Å². The first kappa shape index (κ1) is 16.3. The molecule has 5 atom stereocenters. The third kappa shape index (κ3) is 2.65. The van der Waals surface area contributed by atoms with Crippen LogP contribution in [0.4, 0.5) is 14.9 Å². The lowest BCUT2D eigenvalue weighted by Gasteiger charge is -2.30. The third-order valence-corrected chi connectivity index (χ3v) is 5.60. The van der Waals surface area contributed by atoms with Crippen molar-refractivity contribution < 1.29 is 24.2 Å². The zero-order valence-corrected chi connectivity index (χ0v) is 13.5. The van der Waals surface area contributed by atoms with Gasteiger partial charge in [-0.2, -0.15) is 0 Å². The van der Waals surface area contributed by atoms with Gasteiger partial charge in [-0.3, -0.25) is 9.69 Å². The summed E-state index contributed by atoms with van der Waals surface area (Å²) in [6, 6.07) is 3.45. The Kier molecular flexibility index (Phi) is 3.88. The van der Waals surface area contributed by atoms with E-state index in [4.69, 9.17) is 0 Å². The molecule has 7 nitrogen and oxygen atoms in total. The number of halogens is 1. The number of carbonyl (C=O) groups excluding carboxylic acids is 2. The first-order valence-corrected chi connectivity index (χ1v) is 8.47. The van der Waals surface area contributed by atoms with E-state index in [-0.39, 0.29) is 29.5 Å². The Morgan fingerprint density at radius 1 is 1.28 bits per heavy atom. The van der Waals surface area contributed by atoms with Gasteiger partial charge >= 0.3 is 6.03 Å². The highest BCUT2D eigenvalue weighted by atomic mass is 19.1. The first-order valence-electron chi connectivity index (χ1n) is 8.47. The molecule has 1 aromatic rings. The molecule has 4 N–H and O–H groups in total. The van der Waals surface area contributed by atoms with E-state index in [1.54, 1.807) is 0 Å². The summed E-state index contributed by atoms with van der Waals surface area (Å²) in [5.41, 5.74) is 0.333. The maximum absolute atomic E-state index is 14.1. The second-order valence-electron chi connectivity index (χ2n) is 7.00. The van der Waals surface area contributed by atoms with E-state index in [2.05, 4.69) is 10.6 Å². The van der Waals surface area contributed by atoms with Crippen LogP contribution >= 0.6 is 0 Å². The monoisotopic (exact) mass is 349 g/mol. The molecule has 3 aliphatic rings. The number of urea groups is 1. The smallest absolute Gasteiger partial charge is 0.321 e. The van der Waals surface area contributed by atoms with Crippen LogP contribution in [0.1, 0.15) is 23.2 Å². The van der Waals surface area contributed by atoms with Crippen molar-refractivity contribution >= 4 is 17.6 Å². The number of aliphatic hydroxyl groups is 2. The van der Waals surface area contributed by atoms with Gasteiger partial charge in [-0.1, -0.05) is 0 Å². The molecule has 1 heterocycles. The summed E-state index contributed by atoms with van der Waals surface area (Å²) >= 11 is 0. The van der Waals surface area contributed by atoms with Crippen LogP contribution in [-0.2, 0) is 0 Å². The summed E-state index contributed by atoms with van der Waals surface area (Å²) in [6.45, 7) is 0.963. The van der Waals surface area contributed by atoms with Gasteiger partial charge in [0.2, 0.25) is 0 Å². The molecule has 134 valence electrons. The molecule has 2 bridgehead atoms. The predicted octanol–water partition coefficient (Wildman–Crippen LogP) is 0.215. The molecule has 5 unspecified atom stereocenters. The minimum Gasteiger partial charge on any atom is -0.390 e. The van der Waals surface area contributed by atoms with Gasteiger partial charge < -0.3 is 20.8 Å². The molecule has 1 aromatic carbocycles. The van der Waals surface area contributed by atoms with Crippen molar-refractivity contribution in [2.75, 3.05) is 18.0 Å². The summed E-state index contributed by atoms with van der Waals surface area (Å²) in [4.78, 5) is 25.7. The molecule has 0 spiro atoms. The number of hydrogen-bond acceptors (Lipinski definition) is 4. The molecule has 3 amide bonds. The van der Waals surface area contributed by atoms with Gasteiger partial charge in [-0.25, -0.2) is 9.18 Å². The van der Waals surface area contributed by atoms with Crippen LogP contribution in [0.25, 0.3) is 0 Å². The highest BCUT2D eigenvalue weighted by molar-refractivity contribution is 5.98. The average Bonchev–Trinajstić information content (AvgIpc) is 3.26. The fourth-order valence-corrected chi connectivity index (χ4v) is 4.28. The summed E-state index contributed by atoms with van der Waals surface area (Å²) < 4.78 is 14.1.